The van der Waals surface area contributed by atoms with Crippen LogP contribution in [-0.4, -0.2) is 13.0 Å². The van der Waals surface area contributed by atoms with Crippen molar-refractivity contribution in [2.24, 2.45) is 11.7 Å². The van der Waals surface area contributed by atoms with Crippen molar-refractivity contribution >= 4 is 11.6 Å². The number of benzene rings is 1. The Morgan fingerprint density at radius 2 is 1.90 bits per heavy atom. The normalized spacial score (nSPS) is 16.9. The fourth-order valence-corrected chi connectivity index (χ4v) is 2.92. The average Bonchev–Trinajstić information content (AvgIpc) is 2.47. The number of amides is 1. The second kappa shape index (κ2) is 8.03. The zero-order valence-corrected chi connectivity index (χ0v) is 12.9. The van der Waals surface area contributed by atoms with E-state index in [9.17, 15) is 4.79 Å². The minimum absolute atomic E-state index is 0.121. The Morgan fingerprint density at radius 1 is 1.24 bits per heavy atom. The molecule has 1 aromatic rings. The molecule has 0 atom stereocenters. The van der Waals surface area contributed by atoms with Crippen LogP contribution in [0.4, 0.5) is 5.69 Å². The van der Waals surface area contributed by atoms with Gasteiger partial charge in [-0.3, -0.25) is 4.79 Å². The van der Waals surface area contributed by atoms with Crippen LogP contribution in [0, 0.1) is 5.92 Å². The fraction of sp³-hybridized carbons (Fsp3) is 0.588. The summed E-state index contributed by atoms with van der Waals surface area (Å²) in [4.78, 5) is 12.5. The first-order valence-corrected chi connectivity index (χ1v) is 7.92. The van der Waals surface area contributed by atoms with Crippen molar-refractivity contribution in [1.82, 2.24) is 0 Å². The molecule has 3 N–H and O–H groups in total. The van der Waals surface area contributed by atoms with Crippen LogP contribution in [0.15, 0.2) is 18.2 Å². The Labute approximate surface area is 127 Å². The predicted molar refractivity (Wildman–Crippen MR) is 85.3 cm³/mol. The maximum Gasteiger partial charge on any atom is 0.227 e. The maximum atomic E-state index is 12.5. The van der Waals surface area contributed by atoms with Crippen molar-refractivity contribution in [3.8, 4) is 5.75 Å². The largest absolute Gasteiger partial charge is 0.495 e. The van der Waals surface area contributed by atoms with E-state index in [4.69, 9.17) is 10.5 Å². The van der Waals surface area contributed by atoms with Crippen molar-refractivity contribution < 1.29 is 9.53 Å². The Hall–Kier alpha value is -1.55. The SMILES string of the molecule is COc1cc(CN)ccc1NC(=O)C1CCCCCCC1. The Balaban J connectivity index is 2.03. The van der Waals surface area contributed by atoms with Gasteiger partial charge >= 0.3 is 0 Å². The average molecular weight is 290 g/mol. The lowest BCUT2D eigenvalue weighted by Gasteiger charge is -2.20. The third-order valence-electron chi connectivity index (χ3n) is 4.24. The van der Waals surface area contributed by atoms with Gasteiger partial charge in [0.1, 0.15) is 5.75 Å². The zero-order valence-electron chi connectivity index (χ0n) is 12.9. The maximum absolute atomic E-state index is 12.5. The summed E-state index contributed by atoms with van der Waals surface area (Å²) in [6.45, 7) is 0.465. The van der Waals surface area contributed by atoms with Crippen molar-refractivity contribution in [2.45, 2.75) is 51.5 Å². The molecule has 0 radical (unpaired) electrons. The van der Waals surface area contributed by atoms with E-state index < -0.39 is 0 Å². The molecule has 2 rings (SSSR count). The summed E-state index contributed by atoms with van der Waals surface area (Å²) in [5.41, 5.74) is 7.36. The second-order valence-corrected chi connectivity index (χ2v) is 5.77. The lowest BCUT2D eigenvalue weighted by atomic mass is 9.90. The first kappa shape index (κ1) is 15.8. The molecule has 0 spiro atoms. The van der Waals surface area contributed by atoms with Crippen molar-refractivity contribution in [3.05, 3.63) is 23.8 Å². The molecule has 1 aliphatic carbocycles. The highest BCUT2D eigenvalue weighted by molar-refractivity contribution is 5.94. The highest BCUT2D eigenvalue weighted by Gasteiger charge is 2.20. The van der Waals surface area contributed by atoms with Gasteiger partial charge in [0.2, 0.25) is 5.91 Å². The molecule has 1 amide bonds. The van der Waals surface area contributed by atoms with Crippen LogP contribution in [0.1, 0.15) is 50.5 Å². The molecule has 4 heteroatoms. The number of carbonyl (C=O) groups excluding carboxylic acids is 1. The number of nitrogens with two attached hydrogens (primary N) is 1. The number of ether oxygens (including phenoxy) is 1. The number of methoxy groups -OCH3 is 1. The van der Waals surface area contributed by atoms with Gasteiger partial charge in [0.05, 0.1) is 12.8 Å². The van der Waals surface area contributed by atoms with E-state index in [2.05, 4.69) is 5.32 Å². The molecule has 0 aromatic heterocycles. The number of carbonyl (C=O) groups is 1. The van der Waals surface area contributed by atoms with E-state index in [0.717, 1.165) is 36.9 Å². The number of hydrogen-bond acceptors (Lipinski definition) is 3. The van der Waals surface area contributed by atoms with Gasteiger partial charge in [-0.05, 0) is 30.5 Å². The van der Waals surface area contributed by atoms with Gasteiger partial charge < -0.3 is 15.8 Å². The minimum Gasteiger partial charge on any atom is -0.495 e. The molecule has 1 aromatic carbocycles. The molecule has 1 saturated carbocycles. The van der Waals surface area contributed by atoms with Crippen molar-refractivity contribution in [2.75, 3.05) is 12.4 Å². The highest BCUT2D eigenvalue weighted by atomic mass is 16.5. The Kier molecular flexibility index (Phi) is 6.05. The first-order chi connectivity index (χ1) is 10.2. The molecule has 1 aliphatic rings. The molecule has 21 heavy (non-hydrogen) atoms. The van der Waals surface area contributed by atoms with E-state index >= 15 is 0 Å². The van der Waals surface area contributed by atoms with Crippen molar-refractivity contribution in [3.63, 3.8) is 0 Å². The molecule has 0 aliphatic heterocycles. The summed E-state index contributed by atoms with van der Waals surface area (Å²) in [6.07, 6.45) is 8.10. The van der Waals surface area contributed by atoms with Crippen LogP contribution in [-0.2, 0) is 11.3 Å². The standard InChI is InChI=1S/C17H26N2O2/c1-21-16-11-13(12-18)9-10-15(16)19-17(20)14-7-5-3-2-4-6-8-14/h9-11,14H,2-8,12,18H2,1H3,(H,19,20). The summed E-state index contributed by atoms with van der Waals surface area (Å²) in [7, 11) is 1.61. The monoisotopic (exact) mass is 290 g/mol. The van der Waals surface area contributed by atoms with Gasteiger partial charge in [0, 0.05) is 12.5 Å². The Morgan fingerprint density at radius 3 is 2.52 bits per heavy atom. The van der Waals surface area contributed by atoms with Gasteiger partial charge in [-0.1, -0.05) is 38.2 Å². The van der Waals surface area contributed by atoms with Crippen LogP contribution < -0.4 is 15.8 Å². The number of nitrogens with one attached hydrogen (secondary N) is 1. The summed E-state index contributed by atoms with van der Waals surface area (Å²) in [6, 6.07) is 5.69. The van der Waals surface area contributed by atoms with Gasteiger partial charge in [-0.15, -0.1) is 0 Å². The molecule has 4 nitrogen and oxygen atoms in total. The molecular weight excluding hydrogens is 264 g/mol. The first-order valence-electron chi connectivity index (χ1n) is 7.92. The van der Waals surface area contributed by atoms with Crippen LogP contribution in [0.25, 0.3) is 0 Å². The van der Waals surface area contributed by atoms with Crippen LogP contribution in [0.2, 0.25) is 0 Å². The number of hydrogen-bond donors (Lipinski definition) is 2. The lowest BCUT2D eigenvalue weighted by molar-refractivity contribution is -0.120. The predicted octanol–water partition coefficient (Wildman–Crippen LogP) is 3.45. The zero-order chi connectivity index (χ0) is 15.1. The van der Waals surface area contributed by atoms with Gasteiger partial charge in [0.15, 0.2) is 0 Å². The molecule has 0 unspecified atom stereocenters. The smallest absolute Gasteiger partial charge is 0.227 e. The quantitative estimate of drug-likeness (QED) is 0.892. The van der Waals surface area contributed by atoms with E-state index in [0.29, 0.717) is 12.3 Å². The van der Waals surface area contributed by atoms with Gasteiger partial charge in [-0.2, -0.15) is 0 Å². The van der Waals surface area contributed by atoms with Crippen LogP contribution in [0.5, 0.6) is 5.75 Å². The van der Waals surface area contributed by atoms with Crippen LogP contribution in [0.3, 0.4) is 0 Å². The molecule has 0 saturated heterocycles. The molecule has 0 heterocycles. The summed E-state index contributed by atoms with van der Waals surface area (Å²) in [5.74, 6) is 0.928. The molecular formula is C17H26N2O2. The van der Waals surface area contributed by atoms with E-state index in [1.165, 1.54) is 19.3 Å². The molecule has 116 valence electrons. The van der Waals surface area contributed by atoms with Gasteiger partial charge in [0.25, 0.3) is 0 Å². The summed E-state index contributed by atoms with van der Waals surface area (Å²) in [5, 5.41) is 3.03. The number of anilines is 1. The third-order valence-corrected chi connectivity index (χ3v) is 4.24. The van der Waals surface area contributed by atoms with E-state index in [-0.39, 0.29) is 11.8 Å². The Bertz CT molecular complexity index is 466. The van der Waals surface area contributed by atoms with E-state index in [1.54, 1.807) is 7.11 Å². The minimum atomic E-state index is 0.121. The number of rotatable bonds is 4. The summed E-state index contributed by atoms with van der Waals surface area (Å²) >= 11 is 0. The van der Waals surface area contributed by atoms with E-state index in [1.807, 2.05) is 18.2 Å². The second-order valence-electron chi connectivity index (χ2n) is 5.77. The lowest BCUT2D eigenvalue weighted by Crippen LogP contribution is -2.24. The fourth-order valence-electron chi connectivity index (χ4n) is 2.92. The topological polar surface area (TPSA) is 64.3 Å². The van der Waals surface area contributed by atoms with Crippen molar-refractivity contribution in [1.29, 1.82) is 0 Å². The molecule has 0 bridgehead atoms. The van der Waals surface area contributed by atoms with Crippen LogP contribution >= 0.6 is 0 Å². The highest BCUT2D eigenvalue weighted by Crippen LogP contribution is 2.28. The third kappa shape index (κ3) is 4.46. The molecule has 1 fully saturated rings. The van der Waals surface area contributed by atoms with Gasteiger partial charge in [-0.25, -0.2) is 0 Å². The summed E-state index contributed by atoms with van der Waals surface area (Å²) < 4.78 is 5.35.